The van der Waals surface area contributed by atoms with E-state index < -0.39 is 0 Å². The third-order valence-corrected chi connectivity index (χ3v) is 4.89. The summed E-state index contributed by atoms with van der Waals surface area (Å²) in [5.41, 5.74) is 1.50. The van der Waals surface area contributed by atoms with E-state index in [1.807, 2.05) is 43.3 Å². The van der Waals surface area contributed by atoms with Crippen LogP contribution in [0.5, 0.6) is 0 Å². The van der Waals surface area contributed by atoms with Crippen molar-refractivity contribution in [3.63, 3.8) is 0 Å². The van der Waals surface area contributed by atoms with Crippen molar-refractivity contribution in [1.82, 2.24) is 10.2 Å². The van der Waals surface area contributed by atoms with Gasteiger partial charge in [0.2, 0.25) is 11.8 Å². The second-order valence-corrected chi connectivity index (χ2v) is 7.51. The van der Waals surface area contributed by atoms with E-state index in [9.17, 15) is 9.59 Å². The Morgan fingerprint density at radius 1 is 1.11 bits per heavy atom. The van der Waals surface area contributed by atoms with Crippen LogP contribution < -0.4 is 16.0 Å². The van der Waals surface area contributed by atoms with Gasteiger partial charge in [-0.25, -0.2) is 0 Å². The number of nitrogens with zero attached hydrogens (tertiary/aromatic N) is 1. The fourth-order valence-electron chi connectivity index (χ4n) is 3.22. The van der Waals surface area contributed by atoms with Crippen molar-refractivity contribution in [2.24, 2.45) is 11.8 Å². The largest absolute Gasteiger partial charge is 0.326 e. The molecule has 0 saturated carbocycles. The SMILES string of the molecule is CC(CC(=O)Nc1ccc(NC(=O)CCN(C)C)cc1)C1CCCNC1.Cl.Cl. The Morgan fingerprint density at radius 3 is 2.18 bits per heavy atom. The van der Waals surface area contributed by atoms with Crippen LogP contribution in [0.2, 0.25) is 0 Å². The van der Waals surface area contributed by atoms with Gasteiger partial charge in [-0.15, -0.1) is 24.8 Å². The first kappa shape index (κ1) is 26.7. The number of benzene rings is 1. The molecule has 1 saturated heterocycles. The van der Waals surface area contributed by atoms with Crippen LogP contribution in [-0.2, 0) is 9.59 Å². The minimum Gasteiger partial charge on any atom is -0.326 e. The molecule has 0 aromatic heterocycles. The van der Waals surface area contributed by atoms with Crippen LogP contribution in [0, 0.1) is 11.8 Å². The Bertz CT molecular complexity index is 590. The van der Waals surface area contributed by atoms with Gasteiger partial charge in [0.15, 0.2) is 0 Å². The predicted molar refractivity (Wildman–Crippen MR) is 121 cm³/mol. The van der Waals surface area contributed by atoms with Gasteiger partial charge < -0.3 is 20.9 Å². The first-order valence-electron chi connectivity index (χ1n) is 9.49. The number of piperidine rings is 1. The van der Waals surface area contributed by atoms with Crippen LogP contribution in [0.3, 0.4) is 0 Å². The second-order valence-electron chi connectivity index (χ2n) is 7.51. The van der Waals surface area contributed by atoms with Crippen molar-refractivity contribution in [2.45, 2.75) is 32.6 Å². The van der Waals surface area contributed by atoms with Crippen molar-refractivity contribution < 1.29 is 9.59 Å². The van der Waals surface area contributed by atoms with Gasteiger partial charge in [0.1, 0.15) is 0 Å². The molecule has 3 N–H and O–H groups in total. The molecule has 0 spiro atoms. The quantitative estimate of drug-likeness (QED) is 0.588. The molecular weight excluding hydrogens is 399 g/mol. The van der Waals surface area contributed by atoms with Gasteiger partial charge in [-0.3, -0.25) is 9.59 Å². The lowest BCUT2D eigenvalue weighted by molar-refractivity contribution is -0.117. The van der Waals surface area contributed by atoms with Crippen molar-refractivity contribution in [3.8, 4) is 0 Å². The number of halogens is 2. The summed E-state index contributed by atoms with van der Waals surface area (Å²) in [6.45, 7) is 4.97. The summed E-state index contributed by atoms with van der Waals surface area (Å²) in [5, 5.41) is 9.23. The Hall–Kier alpha value is -1.34. The van der Waals surface area contributed by atoms with Gasteiger partial charge in [-0.2, -0.15) is 0 Å². The van der Waals surface area contributed by atoms with E-state index in [0.717, 1.165) is 24.5 Å². The van der Waals surface area contributed by atoms with Crippen LogP contribution in [-0.4, -0.2) is 50.4 Å². The summed E-state index contributed by atoms with van der Waals surface area (Å²) in [6.07, 6.45) is 3.39. The highest BCUT2D eigenvalue weighted by Gasteiger charge is 2.22. The molecule has 1 aromatic carbocycles. The Labute approximate surface area is 181 Å². The molecule has 28 heavy (non-hydrogen) atoms. The molecule has 6 nitrogen and oxygen atoms in total. The van der Waals surface area contributed by atoms with Crippen LogP contribution in [0.25, 0.3) is 0 Å². The number of nitrogens with one attached hydrogen (secondary N) is 3. The molecule has 2 atom stereocenters. The summed E-state index contributed by atoms with van der Waals surface area (Å²) in [5.74, 6) is 0.989. The number of hydrogen-bond donors (Lipinski definition) is 3. The molecule has 1 fully saturated rings. The number of amides is 2. The summed E-state index contributed by atoms with van der Waals surface area (Å²) < 4.78 is 0. The van der Waals surface area contributed by atoms with E-state index in [1.165, 1.54) is 12.8 Å². The Kier molecular flexibility index (Phi) is 13.1. The number of rotatable bonds is 8. The number of carbonyl (C=O) groups is 2. The molecule has 1 aromatic rings. The molecule has 0 radical (unpaired) electrons. The molecule has 1 aliphatic heterocycles. The van der Waals surface area contributed by atoms with E-state index in [2.05, 4.69) is 22.9 Å². The zero-order valence-electron chi connectivity index (χ0n) is 17.0. The molecule has 2 amide bonds. The maximum atomic E-state index is 12.3. The van der Waals surface area contributed by atoms with Gasteiger partial charge in [0.05, 0.1) is 0 Å². The summed E-state index contributed by atoms with van der Waals surface area (Å²) in [7, 11) is 3.88. The minimum atomic E-state index is -0.00889. The Morgan fingerprint density at radius 2 is 1.68 bits per heavy atom. The van der Waals surface area contributed by atoms with Gasteiger partial charge >= 0.3 is 0 Å². The zero-order valence-corrected chi connectivity index (χ0v) is 18.6. The van der Waals surface area contributed by atoms with E-state index in [4.69, 9.17) is 0 Å². The highest BCUT2D eigenvalue weighted by atomic mass is 35.5. The van der Waals surface area contributed by atoms with Crippen molar-refractivity contribution in [1.29, 1.82) is 0 Å². The van der Waals surface area contributed by atoms with Crippen LogP contribution in [0.1, 0.15) is 32.6 Å². The van der Waals surface area contributed by atoms with Gasteiger partial charge in [-0.05, 0) is 76.1 Å². The van der Waals surface area contributed by atoms with Gasteiger partial charge in [0, 0.05) is 30.8 Å². The van der Waals surface area contributed by atoms with Gasteiger partial charge in [-0.1, -0.05) is 6.92 Å². The van der Waals surface area contributed by atoms with Crippen molar-refractivity contribution in [2.75, 3.05) is 44.4 Å². The van der Waals surface area contributed by atoms with Crippen molar-refractivity contribution >= 4 is 48.0 Å². The monoisotopic (exact) mass is 432 g/mol. The lowest BCUT2D eigenvalue weighted by atomic mass is 9.85. The number of carbonyl (C=O) groups excluding carboxylic acids is 2. The van der Waals surface area contributed by atoms with Crippen molar-refractivity contribution in [3.05, 3.63) is 24.3 Å². The number of anilines is 2. The third kappa shape index (κ3) is 9.73. The Balaban J connectivity index is 0.00000364. The lowest BCUT2D eigenvalue weighted by Gasteiger charge is -2.28. The first-order chi connectivity index (χ1) is 12.4. The zero-order chi connectivity index (χ0) is 18.9. The third-order valence-electron chi connectivity index (χ3n) is 4.89. The van der Waals surface area contributed by atoms with E-state index in [-0.39, 0.29) is 36.6 Å². The van der Waals surface area contributed by atoms with E-state index in [1.54, 1.807) is 0 Å². The molecule has 0 bridgehead atoms. The fraction of sp³-hybridized carbons (Fsp3) is 0.600. The smallest absolute Gasteiger partial charge is 0.225 e. The minimum absolute atomic E-state index is 0. The average Bonchev–Trinajstić information content (AvgIpc) is 2.62. The molecule has 2 rings (SSSR count). The van der Waals surface area contributed by atoms with Crippen LogP contribution in [0.15, 0.2) is 24.3 Å². The topological polar surface area (TPSA) is 73.5 Å². The first-order valence-corrected chi connectivity index (χ1v) is 9.49. The summed E-state index contributed by atoms with van der Waals surface area (Å²) in [4.78, 5) is 26.1. The van der Waals surface area contributed by atoms with Crippen LogP contribution in [0.4, 0.5) is 11.4 Å². The molecule has 0 aliphatic carbocycles. The number of hydrogen-bond acceptors (Lipinski definition) is 4. The van der Waals surface area contributed by atoms with Gasteiger partial charge in [0.25, 0.3) is 0 Å². The average molecular weight is 433 g/mol. The highest BCUT2D eigenvalue weighted by molar-refractivity contribution is 5.93. The second kappa shape index (κ2) is 13.8. The maximum absolute atomic E-state index is 12.3. The van der Waals surface area contributed by atoms with Crippen LogP contribution >= 0.6 is 24.8 Å². The molecular formula is C20H34Cl2N4O2. The summed E-state index contributed by atoms with van der Waals surface area (Å²) >= 11 is 0. The molecule has 1 aliphatic rings. The standard InChI is InChI=1S/C20H32N4O2.2ClH/c1-15(16-5-4-11-21-14-16)13-20(26)23-18-8-6-17(7-9-18)22-19(25)10-12-24(2)3;;/h6-9,15-16,21H,4-5,10-14H2,1-3H3,(H,22,25)(H,23,26);2*1H. The molecule has 1 heterocycles. The molecule has 160 valence electrons. The predicted octanol–water partition coefficient (Wildman–Crippen LogP) is 3.38. The fourth-order valence-corrected chi connectivity index (χ4v) is 3.22. The summed E-state index contributed by atoms with van der Waals surface area (Å²) in [6, 6.07) is 7.29. The lowest BCUT2D eigenvalue weighted by Crippen LogP contribution is -2.34. The molecule has 8 heteroatoms. The maximum Gasteiger partial charge on any atom is 0.225 e. The highest BCUT2D eigenvalue weighted by Crippen LogP contribution is 2.23. The normalized spacial score (nSPS) is 17.1. The molecule has 2 unspecified atom stereocenters. The van der Waals surface area contributed by atoms with E-state index in [0.29, 0.717) is 31.2 Å². The van der Waals surface area contributed by atoms with E-state index >= 15 is 0 Å².